The van der Waals surface area contributed by atoms with Gasteiger partial charge in [-0.2, -0.15) is 0 Å². The smallest absolute Gasteiger partial charge is 0.250 e. The zero-order chi connectivity index (χ0) is 14.6. The molecule has 19 heavy (non-hydrogen) atoms. The molecule has 0 aromatic heterocycles. The van der Waals surface area contributed by atoms with Crippen LogP contribution in [0.4, 0.5) is 5.69 Å². The number of carbonyl (C=O) groups is 1. The van der Waals surface area contributed by atoms with E-state index in [1.807, 2.05) is 13.8 Å². The number of carbonyl (C=O) groups excluding carboxylic acids is 1. The van der Waals surface area contributed by atoms with Crippen LogP contribution in [0.25, 0.3) is 0 Å². The lowest BCUT2D eigenvalue weighted by atomic mass is 10.2. The van der Waals surface area contributed by atoms with Crippen molar-refractivity contribution in [1.29, 1.82) is 0 Å². The van der Waals surface area contributed by atoms with Gasteiger partial charge in [-0.05, 0) is 36.7 Å². The second-order valence-corrected chi connectivity index (χ2v) is 6.73. The van der Waals surface area contributed by atoms with E-state index in [9.17, 15) is 13.2 Å². The lowest BCUT2D eigenvalue weighted by molar-refractivity contribution is -0.118. The highest BCUT2D eigenvalue weighted by Crippen LogP contribution is 2.16. The first kappa shape index (κ1) is 15.5. The summed E-state index contributed by atoms with van der Waals surface area (Å²) >= 11 is 0. The lowest BCUT2D eigenvalue weighted by Crippen LogP contribution is -2.48. The van der Waals surface area contributed by atoms with E-state index in [0.717, 1.165) is 0 Å². The third kappa shape index (κ3) is 3.93. The summed E-state index contributed by atoms with van der Waals surface area (Å²) in [6.45, 7) is 4.18. The molecule has 5 N–H and O–H groups in total. The second kappa shape index (κ2) is 6.03. The Labute approximate surface area is 113 Å². The number of nitrogen functional groups attached to an aromatic ring is 1. The summed E-state index contributed by atoms with van der Waals surface area (Å²) in [6, 6.07) is 5.65. The SMILES string of the molecule is CC(C)CNC(C(N)=O)S(=O)(=O)c1ccc(N)cc1. The maximum atomic E-state index is 12.3. The number of nitrogens with two attached hydrogens (primary N) is 2. The standard InChI is InChI=1S/C12H19N3O3S/c1-8(2)7-15-12(11(14)16)19(17,18)10-5-3-9(13)4-6-10/h3-6,8,12,15H,7,13H2,1-2H3,(H2,14,16). The van der Waals surface area contributed by atoms with Crippen molar-refractivity contribution in [1.82, 2.24) is 5.32 Å². The molecule has 0 radical (unpaired) electrons. The predicted octanol–water partition coefficient (Wildman–Crippen LogP) is 0.0995. The van der Waals surface area contributed by atoms with Crippen molar-refractivity contribution in [3.63, 3.8) is 0 Å². The highest BCUT2D eigenvalue weighted by atomic mass is 32.2. The normalized spacial score (nSPS) is 13.4. The molecule has 106 valence electrons. The molecule has 0 aliphatic rings. The van der Waals surface area contributed by atoms with Crippen LogP contribution in [0.5, 0.6) is 0 Å². The van der Waals surface area contributed by atoms with Crippen molar-refractivity contribution in [3.8, 4) is 0 Å². The van der Waals surface area contributed by atoms with Crippen molar-refractivity contribution < 1.29 is 13.2 Å². The number of hydrogen-bond acceptors (Lipinski definition) is 5. The van der Waals surface area contributed by atoms with Crippen molar-refractivity contribution in [2.24, 2.45) is 11.7 Å². The van der Waals surface area contributed by atoms with Crippen LogP contribution in [0.15, 0.2) is 29.2 Å². The lowest BCUT2D eigenvalue weighted by Gasteiger charge is -2.17. The maximum absolute atomic E-state index is 12.3. The summed E-state index contributed by atoms with van der Waals surface area (Å²) in [5.41, 5.74) is 11.1. The van der Waals surface area contributed by atoms with E-state index in [0.29, 0.717) is 12.2 Å². The van der Waals surface area contributed by atoms with E-state index < -0.39 is 21.1 Å². The summed E-state index contributed by atoms with van der Waals surface area (Å²) in [5, 5.41) is 1.25. The third-order valence-corrected chi connectivity index (χ3v) is 4.44. The Morgan fingerprint density at radius 3 is 2.21 bits per heavy atom. The molecule has 0 spiro atoms. The zero-order valence-electron chi connectivity index (χ0n) is 11.0. The number of nitrogens with one attached hydrogen (secondary N) is 1. The van der Waals surface area contributed by atoms with Gasteiger partial charge in [0.1, 0.15) is 0 Å². The third-order valence-electron chi connectivity index (χ3n) is 2.49. The fraction of sp³-hybridized carbons (Fsp3) is 0.417. The molecule has 1 aromatic rings. The molecule has 1 rings (SSSR count). The highest BCUT2D eigenvalue weighted by molar-refractivity contribution is 7.92. The number of primary amides is 1. The van der Waals surface area contributed by atoms with Crippen molar-refractivity contribution in [3.05, 3.63) is 24.3 Å². The molecule has 1 unspecified atom stereocenters. The summed E-state index contributed by atoms with van der Waals surface area (Å²) in [4.78, 5) is 11.4. The van der Waals surface area contributed by atoms with Gasteiger partial charge < -0.3 is 11.5 Å². The Morgan fingerprint density at radius 1 is 1.26 bits per heavy atom. The molecule has 1 amide bonds. The monoisotopic (exact) mass is 285 g/mol. The van der Waals surface area contributed by atoms with E-state index >= 15 is 0 Å². The minimum absolute atomic E-state index is 0.0155. The fourth-order valence-corrected chi connectivity index (χ4v) is 2.91. The number of rotatable bonds is 6. The molecule has 1 aromatic carbocycles. The van der Waals surface area contributed by atoms with Crippen LogP contribution in [-0.4, -0.2) is 26.2 Å². The van der Waals surface area contributed by atoms with Gasteiger partial charge >= 0.3 is 0 Å². The first-order valence-corrected chi connectivity index (χ1v) is 7.42. The average molecular weight is 285 g/mol. The minimum atomic E-state index is -3.85. The highest BCUT2D eigenvalue weighted by Gasteiger charge is 2.32. The molecule has 0 fully saturated rings. The van der Waals surface area contributed by atoms with Crippen LogP contribution in [0.1, 0.15) is 13.8 Å². The predicted molar refractivity (Wildman–Crippen MR) is 73.9 cm³/mol. The van der Waals surface area contributed by atoms with E-state index in [2.05, 4.69) is 5.32 Å². The fourth-order valence-electron chi connectivity index (χ4n) is 1.50. The van der Waals surface area contributed by atoms with Gasteiger partial charge in [0.15, 0.2) is 5.37 Å². The van der Waals surface area contributed by atoms with Crippen LogP contribution in [0.3, 0.4) is 0 Å². The number of sulfone groups is 1. The van der Waals surface area contributed by atoms with Gasteiger partial charge in [0.05, 0.1) is 4.90 Å². The molecule has 0 aliphatic heterocycles. The summed E-state index contributed by atoms with van der Waals surface area (Å²) in [7, 11) is -3.85. The quantitative estimate of drug-likeness (QED) is 0.641. The topological polar surface area (TPSA) is 115 Å². The molecule has 7 heteroatoms. The minimum Gasteiger partial charge on any atom is -0.399 e. The van der Waals surface area contributed by atoms with E-state index in [4.69, 9.17) is 11.5 Å². The Kier molecular flexibility index (Phi) is 4.90. The van der Waals surface area contributed by atoms with Crippen LogP contribution < -0.4 is 16.8 Å². The van der Waals surface area contributed by atoms with Crippen molar-refractivity contribution in [2.45, 2.75) is 24.1 Å². The Balaban J connectivity index is 3.06. The summed E-state index contributed by atoms with van der Waals surface area (Å²) < 4.78 is 24.6. The largest absolute Gasteiger partial charge is 0.399 e. The van der Waals surface area contributed by atoms with Crippen LogP contribution in [-0.2, 0) is 14.6 Å². The number of anilines is 1. The van der Waals surface area contributed by atoms with E-state index in [1.54, 1.807) is 0 Å². The van der Waals surface area contributed by atoms with Crippen molar-refractivity contribution in [2.75, 3.05) is 12.3 Å². The Bertz CT molecular complexity index is 538. The molecule has 0 saturated heterocycles. The maximum Gasteiger partial charge on any atom is 0.250 e. The van der Waals surface area contributed by atoms with Gasteiger partial charge in [-0.3, -0.25) is 10.1 Å². The van der Waals surface area contributed by atoms with E-state index in [1.165, 1.54) is 24.3 Å². The number of benzene rings is 1. The van der Waals surface area contributed by atoms with Crippen molar-refractivity contribution >= 4 is 21.4 Å². The van der Waals surface area contributed by atoms with Gasteiger partial charge in [0, 0.05) is 5.69 Å². The molecular formula is C12H19N3O3S. The van der Waals surface area contributed by atoms with Gasteiger partial charge in [0.25, 0.3) is 5.91 Å². The van der Waals surface area contributed by atoms with E-state index in [-0.39, 0.29) is 10.8 Å². The molecular weight excluding hydrogens is 266 g/mol. The van der Waals surface area contributed by atoms with Crippen LogP contribution >= 0.6 is 0 Å². The van der Waals surface area contributed by atoms with Gasteiger partial charge in [0.2, 0.25) is 9.84 Å². The second-order valence-electron chi connectivity index (χ2n) is 4.70. The molecule has 0 heterocycles. The Morgan fingerprint density at radius 2 is 1.79 bits per heavy atom. The number of amides is 1. The van der Waals surface area contributed by atoms with Crippen LogP contribution in [0.2, 0.25) is 0 Å². The summed E-state index contributed by atoms with van der Waals surface area (Å²) in [6.07, 6.45) is 0. The molecule has 0 bridgehead atoms. The molecule has 0 saturated carbocycles. The summed E-state index contributed by atoms with van der Waals surface area (Å²) in [5.74, 6) is -0.721. The Hall–Kier alpha value is -1.60. The first-order chi connectivity index (χ1) is 8.75. The van der Waals surface area contributed by atoms with Gasteiger partial charge in [-0.1, -0.05) is 13.8 Å². The van der Waals surface area contributed by atoms with Crippen LogP contribution in [0, 0.1) is 5.92 Å². The average Bonchev–Trinajstić information content (AvgIpc) is 2.28. The number of hydrogen-bond donors (Lipinski definition) is 3. The zero-order valence-corrected chi connectivity index (χ0v) is 11.8. The van der Waals surface area contributed by atoms with Gasteiger partial charge in [-0.15, -0.1) is 0 Å². The molecule has 1 atom stereocenters. The van der Waals surface area contributed by atoms with Gasteiger partial charge in [-0.25, -0.2) is 8.42 Å². The molecule has 0 aliphatic carbocycles. The first-order valence-electron chi connectivity index (χ1n) is 5.87. The molecule has 6 nitrogen and oxygen atoms in total.